The Morgan fingerprint density at radius 2 is 2.29 bits per heavy atom. The average molecular weight is 289 g/mol. The van der Waals surface area contributed by atoms with E-state index in [4.69, 9.17) is 5.73 Å². The number of nitrogens with one attached hydrogen (secondary N) is 2. The summed E-state index contributed by atoms with van der Waals surface area (Å²) in [6, 6.07) is -1.22. The van der Waals surface area contributed by atoms with Gasteiger partial charge in [0, 0.05) is 37.8 Å². The van der Waals surface area contributed by atoms with Crippen molar-refractivity contribution in [1.82, 2.24) is 9.97 Å². The zero-order valence-corrected chi connectivity index (χ0v) is 12.1. The number of aliphatic carboxylic acids is 1. The van der Waals surface area contributed by atoms with Crippen LogP contribution in [-0.2, 0) is 30.7 Å². The van der Waals surface area contributed by atoms with Crippen LogP contribution in [0.1, 0.15) is 12.1 Å². The van der Waals surface area contributed by atoms with Gasteiger partial charge in [-0.1, -0.05) is 0 Å². The standard InChI is InChI=1S/C9H13N4O3.Zn/c10-2-1-8(14)13-7(9(15)16)3-6-4-11-5-12-6;/h4-5,7,10H,1-3H2,(H,11,12)(H,13,14)(H,15,16);/q-1;/p-2. The van der Waals surface area contributed by atoms with Gasteiger partial charge < -0.3 is 25.7 Å². The van der Waals surface area contributed by atoms with E-state index in [2.05, 4.69) is 15.0 Å². The summed E-state index contributed by atoms with van der Waals surface area (Å²) in [4.78, 5) is 20.6. The zero-order valence-electron chi connectivity index (χ0n) is 9.18. The summed E-state index contributed by atoms with van der Waals surface area (Å²) in [7, 11) is 0. The molecule has 1 aromatic rings. The molecule has 0 radical (unpaired) electrons. The van der Waals surface area contributed by atoms with E-state index in [1.807, 2.05) is 0 Å². The number of carbonyl (C=O) groups excluding carboxylic acids is 1. The SMILES string of the molecule is [NH-]CCC([O-])=NC(Cc1cnc[nH]1)C(=O)[O-].[Zn]. The van der Waals surface area contributed by atoms with E-state index in [1.54, 1.807) is 0 Å². The molecule has 0 aliphatic carbocycles. The van der Waals surface area contributed by atoms with Crippen molar-refractivity contribution in [2.24, 2.45) is 4.99 Å². The van der Waals surface area contributed by atoms with E-state index in [-0.39, 0.29) is 38.9 Å². The van der Waals surface area contributed by atoms with Crippen molar-refractivity contribution >= 4 is 11.9 Å². The van der Waals surface area contributed by atoms with Gasteiger partial charge in [0.25, 0.3) is 0 Å². The van der Waals surface area contributed by atoms with Crippen molar-refractivity contribution in [3.8, 4) is 0 Å². The third kappa shape index (κ3) is 5.56. The largest absolute Gasteiger partial charge is 0.862 e. The van der Waals surface area contributed by atoms with Crippen LogP contribution >= 0.6 is 0 Å². The molecule has 2 N–H and O–H groups in total. The van der Waals surface area contributed by atoms with Crippen molar-refractivity contribution < 1.29 is 34.5 Å². The van der Waals surface area contributed by atoms with Crippen LogP contribution in [-0.4, -0.2) is 34.4 Å². The molecule has 0 amide bonds. The second kappa shape index (κ2) is 7.92. The molecule has 0 aliphatic heterocycles. The van der Waals surface area contributed by atoms with E-state index in [1.165, 1.54) is 12.5 Å². The molecule has 8 heteroatoms. The second-order valence-corrected chi connectivity index (χ2v) is 3.14. The van der Waals surface area contributed by atoms with Crippen molar-refractivity contribution in [3.63, 3.8) is 0 Å². The van der Waals surface area contributed by atoms with E-state index in [0.29, 0.717) is 5.69 Å². The minimum Gasteiger partial charge on any atom is -0.862 e. The van der Waals surface area contributed by atoms with Crippen molar-refractivity contribution in [2.75, 3.05) is 6.54 Å². The Labute approximate surface area is 111 Å². The molecule has 1 unspecified atom stereocenters. The molecule has 0 spiro atoms. The third-order valence-electron chi connectivity index (χ3n) is 1.88. The molecule has 0 saturated heterocycles. The monoisotopic (exact) mass is 287 g/mol. The fraction of sp³-hybridized carbons (Fsp3) is 0.444. The number of rotatable bonds is 6. The first-order valence-corrected chi connectivity index (χ1v) is 4.70. The number of carbonyl (C=O) groups is 1. The number of aliphatic imine (C=N–C) groups is 1. The average Bonchev–Trinajstić information content (AvgIpc) is 2.69. The van der Waals surface area contributed by atoms with Crippen molar-refractivity contribution in [2.45, 2.75) is 18.9 Å². The predicted octanol–water partition coefficient (Wildman–Crippen LogP) is -1.73. The molecular weight excluding hydrogens is 278 g/mol. The van der Waals surface area contributed by atoms with E-state index >= 15 is 0 Å². The summed E-state index contributed by atoms with van der Waals surface area (Å²) in [5, 5.41) is 21.8. The Bertz CT molecular complexity index is 366. The van der Waals surface area contributed by atoms with E-state index in [0.717, 1.165) is 0 Å². The van der Waals surface area contributed by atoms with Gasteiger partial charge in [0.05, 0.1) is 18.3 Å². The summed E-state index contributed by atoms with van der Waals surface area (Å²) in [6.45, 7) is -0.105. The molecule has 0 fully saturated rings. The number of imidazole rings is 1. The first-order valence-electron chi connectivity index (χ1n) is 4.70. The maximum absolute atomic E-state index is 11.1. The molecule has 90 valence electrons. The maximum atomic E-state index is 11.1. The van der Waals surface area contributed by atoms with Crippen LogP contribution in [0.5, 0.6) is 0 Å². The predicted molar refractivity (Wildman–Crippen MR) is 52.3 cm³/mol. The van der Waals surface area contributed by atoms with Crippen LogP contribution in [0, 0.1) is 0 Å². The Morgan fingerprint density at radius 1 is 1.59 bits per heavy atom. The fourth-order valence-electron chi connectivity index (χ4n) is 1.13. The molecule has 1 heterocycles. The number of carboxylic acids is 1. The number of hydrogen-bond donors (Lipinski definition) is 1. The molecular formula is C9H11N4O3Zn-3. The summed E-state index contributed by atoms with van der Waals surface area (Å²) < 4.78 is 0. The summed E-state index contributed by atoms with van der Waals surface area (Å²) in [5.41, 5.74) is 7.39. The first-order chi connectivity index (χ1) is 7.63. The molecule has 0 aliphatic rings. The van der Waals surface area contributed by atoms with E-state index < -0.39 is 17.9 Å². The molecule has 1 rings (SSSR count). The Morgan fingerprint density at radius 3 is 2.76 bits per heavy atom. The van der Waals surface area contributed by atoms with Gasteiger partial charge in [-0.15, -0.1) is 6.54 Å². The first kappa shape index (κ1) is 15.7. The van der Waals surface area contributed by atoms with Gasteiger partial charge in [0.15, 0.2) is 0 Å². The number of aromatic amines is 1. The van der Waals surface area contributed by atoms with Crippen LogP contribution in [0.4, 0.5) is 0 Å². The smallest absolute Gasteiger partial charge is 0.0936 e. The van der Waals surface area contributed by atoms with Gasteiger partial charge >= 0.3 is 0 Å². The normalized spacial score (nSPS) is 12.9. The molecule has 0 saturated carbocycles. The molecule has 1 aromatic heterocycles. The Balaban J connectivity index is 0.00000256. The summed E-state index contributed by atoms with van der Waals surface area (Å²) in [6.07, 6.45) is 2.83. The van der Waals surface area contributed by atoms with Crippen LogP contribution in [0.25, 0.3) is 5.73 Å². The Hall–Kier alpha value is -1.27. The third-order valence-corrected chi connectivity index (χ3v) is 1.88. The van der Waals surface area contributed by atoms with Gasteiger partial charge in [-0.3, -0.25) is 4.99 Å². The number of carboxylic acid groups (broad SMARTS) is 1. The van der Waals surface area contributed by atoms with Gasteiger partial charge in [0.1, 0.15) is 0 Å². The second-order valence-electron chi connectivity index (χ2n) is 3.14. The molecule has 7 nitrogen and oxygen atoms in total. The molecule has 0 aromatic carbocycles. The van der Waals surface area contributed by atoms with Crippen LogP contribution in [0.2, 0.25) is 0 Å². The van der Waals surface area contributed by atoms with E-state index in [9.17, 15) is 15.0 Å². The minimum atomic E-state index is -1.41. The van der Waals surface area contributed by atoms with Crippen LogP contribution in [0.3, 0.4) is 0 Å². The summed E-state index contributed by atoms with van der Waals surface area (Å²) >= 11 is 0. The van der Waals surface area contributed by atoms with Gasteiger partial charge in [0.2, 0.25) is 0 Å². The molecule has 0 bridgehead atoms. The molecule has 17 heavy (non-hydrogen) atoms. The van der Waals surface area contributed by atoms with Crippen molar-refractivity contribution in [3.05, 3.63) is 24.0 Å². The fourth-order valence-corrected chi connectivity index (χ4v) is 1.13. The topological polar surface area (TPSA) is 128 Å². The minimum absolute atomic E-state index is 0. The summed E-state index contributed by atoms with van der Waals surface area (Å²) in [5.74, 6) is -2.00. The van der Waals surface area contributed by atoms with Gasteiger partial charge in [-0.25, -0.2) is 4.98 Å². The zero-order chi connectivity index (χ0) is 12.0. The van der Waals surface area contributed by atoms with Crippen LogP contribution in [0.15, 0.2) is 17.5 Å². The quantitative estimate of drug-likeness (QED) is 0.379. The van der Waals surface area contributed by atoms with Gasteiger partial charge in [-0.2, -0.15) is 0 Å². The molecule has 1 atom stereocenters. The van der Waals surface area contributed by atoms with Crippen molar-refractivity contribution in [1.29, 1.82) is 0 Å². The van der Waals surface area contributed by atoms with Crippen LogP contribution < -0.4 is 10.2 Å². The number of nitrogens with zero attached hydrogens (tertiary/aromatic N) is 2. The number of hydrogen-bond acceptors (Lipinski definition) is 5. The maximum Gasteiger partial charge on any atom is 0.0936 e. The number of H-pyrrole nitrogens is 1. The Kier molecular flexibility index (Phi) is 7.33. The van der Waals surface area contributed by atoms with Gasteiger partial charge in [-0.05, 0) is 12.3 Å². The number of aromatic nitrogens is 2.